The molecule has 0 spiro atoms. The Bertz CT molecular complexity index is 304. The predicted molar refractivity (Wildman–Crippen MR) is 63.1 cm³/mol. The van der Waals surface area contributed by atoms with Gasteiger partial charge in [0.05, 0.1) is 6.10 Å². The van der Waals surface area contributed by atoms with Crippen LogP contribution in [0.25, 0.3) is 0 Å². The average molecular weight is 222 g/mol. The summed E-state index contributed by atoms with van der Waals surface area (Å²) in [6.45, 7) is 2.43. The van der Waals surface area contributed by atoms with E-state index in [9.17, 15) is 0 Å². The van der Waals surface area contributed by atoms with Crippen molar-refractivity contribution in [1.29, 1.82) is 0 Å². The second-order valence-corrected chi connectivity index (χ2v) is 5.91. The van der Waals surface area contributed by atoms with E-state index in [1.165, 1.54) is 44.1 Å². The number of methoxy groups -OCH3 is 1. The van der Waals surface area contributed by atoms with Crippen molar-refractivity contribution in [3.05, 3.63) is 11.6 Å². The summed E-state index contributed by atoms with van der Waals surface area (Å²) < 4.78 is 11.4. The fourth-order valence-electron chi connectivity index (χ4n) is 3.37. The molecule has 1 heterocycles. The van der Waals surface area contributed by atoms with E-state index in [2.05, 4.69) is 13.0 Å². The zero-order valence-corrected chi connectivity index (χ0v) is 10.4. The van der Waals surface area contributed by atoms with Crippen LogP contribution < -0.4 is 0 Å². The Hall–Kier alpha value is -0.340. The van der Waals surface area contributed by atoms with Gasteiger partial charge in [-0.15, -0.1) is 0 Å². The van der Waals surface area contributed by atoms with Crippen molar-refractivity contribution in [3.8, 4) is 0 Å². The lowest BCUT2D eigenvalue weighted by Gasteiger charge is -2.29. The van der Waals surface area contributed by atoms with Gasteiger partial charge < -0.3 is 9.47 Å². The van der Waals surface area contributed by atoms with E-state index >= 15 is 0 Å². The molecule has 0 saturated heterocycles. The highest BCUT2D eigenvalue weighted by atomic mass is 16.7. The number of rotatable bonds is 2. The lowest BCUT2D eigenvalue weighted by molar-refractivity contribution is -0.120. The molecule has 3 atom stereocenters. The van der Waals surface area contributed by atoms with E-state index in [0.29, 0.717) is 11.5 Å². The van der Waals surface area contributed by atoms with Crippen LogP contribution >= 0.6 is 0 Å². The third-order valence-electron chi connectivity index (χ3n) is 4.76. The van der Waals surface area contributed by atoms with Gasteiger partial charge in [-0.1, -0.05) is 13.3 Å². The molecule has 0 aromatic rings. The number of fused-ring (bicyclic) bond motifs is 1. The van der Waals surface area contributed by atoms with Gasteiger partial charge in [0.2, 0.25) is 0 Å². The second kappa shape index (κ2) is 3.85. The molecule has 0 aromatic heterocycles. The average Bonchev–Trinajstić information content (AvgIpc) is 2.95. The SMILES string of the molecule is COC1C=C2CCCCC(C3(C)CC3)C2O1. The molecule has 2 saturated carbocycles. The minimum atomic E-state index is -0.0806. The van der Waals surface area contributed by atoms with Crippen molar-refractivity contribution in [1.82, 2.24) is 0 Å². The highest BCUT2D eigenvalue weighted by Gasteiger charge is 2.50. The van der Waals surface area contributed by atoms with Crippen LogP contribution in [0.5, 0.6) is 0 Å². The Morgan fingerprint density at radius 3 is 2.88 bits per heavy atom. The maximum atomic E-state index is 6.06. The van der Waals surface area contributed by atoms with Crippen molar-refractivity contribution in [2.75, 3.05) is 7.11 Å². The van der Waals surface area contributed by atoms with Crippen molar-refractivity contribution in [3.63, 3.8) is 0 Å². The molecule has 0 amide bonds. The Morgan fingerprint density at radius 2 is 2.19 bits per heavy atom. The standard InChI is InChI=1S/C14H22O2/c1-14(7-8-14)11-6-4-3-5-10-9-12(15-2)16-13(10)11/h9,11-13H,3-8H2,1-2H3. The first-order chi connectivity index (χ1) is 7.73. The van der Waals surface area contributed by atoms with Crippen molar-refractivity contribution >= 4 is 0 Å². The molecule has 0 N–H and O–H groups in total. The molecule has 1 aliphatic heterocycles. The predicted octanol–water partition coefficient (Wildman–Crippen LogP) is 3.27. The van der Waals surface area contributed by atoms with Crippen LogP contribution in [0.1, 0.15) is 45.4 Å². The van der Waals surface area contributed by atoms with Crippen LogP contribution in [-0.2, 0) is 9.47 Å². The first-order valence-electron chi connectivity index (χ1n) is 6.62. The molecule has 0 aromatic carbocycles. The summed E-state index contributed by atoms with van der Waals surface area (Å²) in [5.74, 6) is 0.737. The van der Waals surface area contributed by atoms with Crippen LogP contribution in [0.15, 0.2) is 11.6 Å². The molecule has 16 heavy (non-hydrogen) atoms. The van der Waals surface area contributed by atoms with E-state index < -0.39 is 0 Å². The highest BCUT2D eigenvalue weighted by Crippen LogP contribution is 2.57. The summed E-state index contributed by atoms with van der Waals surface area (Å²) in [6.07, 6.45) is 10.5. The van der Waals surface area contributed by atoms with Gasteiger partial charge in [-0.2, -0.15) is 0 Å². The third-order valence-corrected chi connectivity index (χ3v) is 4.76. The van der Waals surface area contributed by atoms with Gasteiger partial charge in [-0.05, 0) is 55.1 Å². The molecule has 0 radical (unpaired) electrons. The van der Waals surface area contributed by atoms with Gasteiger partial charge >= 0.3 is 0 Å². The number of hydrogen-bond donors (Lipinski definition) is 0. The van der Waals surface area contributed by atoms with Gasteiger partial charge in [0.15, 0.2) is 6.29 Å². The maximum absolute atomic E-state index is 6.06. The molecular formula is C14H22O2. The van der Waals surface area contributed by atoms with E-state index in [4.69, 9.17) is 9.47 Å². The Kier molecular flexibility index (Phi) is 2.60. The smallest absolute Gasteiger partial charge is 0.177 e. The molecule has 3 aliphatic rings. The van der Waals surface area contributed by atoms with Crippen molar-refractivity contribution in [2.45, 2.75) is 57.8 Å². The van der Waals surface area contributed by atoms with Crippen LogP contribution in [0, 0.1) is 11.3 Å². The summed E-state index contributed by atoms with van der Waals surface area (Å²) in [7, 11) is 1.74. The van der Waals surface area contributed by atoms with Gasteiger partial charge in [-0.25, -0.2) is 0 Å². The Morgan fingerprint density at radius 1 is 1.38 bits per heavy atom. The summed E-state index contributed by atoms with van der Waals surface area (Å²) in [5, 5.41) is 0. The quantitative estimate of drug-likeness (QED) is 0.668. The van der Waals surface area contributed by atoms with E-state index in [1.54, 1.807) is 7.11 Å². The molecule has 2 aliphatic carbocycles. The fourth-order valence-corrected chi connectivity index (χ4v) is 3.37. The van der Waals surface area contributed by atoms with Gasteiger partial charge in [-0.3, -0.25) is 0 Å². The molecular weight excluding hydrogens is 200 g/mol. The van der Waals surface area contributed by atoms with E-state index in [-0.39, 0.29) is 6.29 Å². The first kappa shape index (κ1) is 10.8. The lowest BCUT2D eigenvalue weighted by Crippen LogP contribution is -2.30. The van der Waals surface area contributed by atoms with Crippen LogP contribution in [0.3, 0.4) is 0 Å². The van der Waals surface area contributed by atoms with Crippen molar-refractivity contribution in [2.24, 2.45) is 11.3 Å². The minimum Gasteiger partial charge on any atom is -0.352 e. The van der Waals surface area contributed by atoms with Gasteiger partial charge in [0.1, 0.15) is 0 Å². The molecule has 2 heteroatoms. The number of ether oxygens (including phenoxy) is 2. The molecule has 3 rings (SSSR count). The summed E-state index contributed by atoms with van der Waals surface area (Å²) in [6, 6.07) is 0. The van der Waals surface area contributed by atoms with E-state index in [1.807, 2.05) is 0 Å². The molecule has 2 nitrogen and oxygen atoms in total. The lowest BCUT2D eigenvalue weighted by atomic mass is 9.81. The highest BCUT2D eigenvalue weighted by molar-refractivity contribution is 5.20. The molecule has 3 unspecified atom stereocenters. The fraction of sp³-hybridized carbons (Fsp3) is 0.857. The summed E-state index contributed by atoms with van der Waals surface area (Å²) in [5.41, 5.74) is 2.08. The van der Waals surface area contributed by atoms with Gasteiger partial charge in [0.25, 0.3) is 0 Å². The Balaban J connectivity index is 1.82. The second-order valence-electron chi connectivity index (χ2n) is 5.91. The minimum absolute atomic E-state index is 0.0806. The maximum Gasteiger partial charge on any atom is 0.177 e. The topological polar surface area (TPSA) is 18.5 Å². The van der Waals surface area contributed by atoms with Crippen molar-refractivity contribution < 1.29 is 9.47 Å². The van der Waals surface area contributed by atoms with Gasteiger partial charge in [0, 0.05) is 7.11 Å². The Labute approximate surface area is 98.0 Å². The summed E-state index contributed by atoms with van der Waals surface area (Å²) in [4.78, 5) is 0. The van der Waals surface area contributed by atoms with Crippen LogP contribution in [-0.4, -0.2) is 19.5 Å². The van der Waals surface area contributed by atoms with E-state index in [0.717, 1.165) is 5.92 Å². The monoisotopic (exact) mass is 222 g/mol. The summed E-state index contributed by atoms with van der Waals surface area (Å²) >= 11 is 0. The largest absolute Gasteiger partial charge is 0.352 e. The molecule has 90 valence electrons. The molecule has 2 fully saturated rings. The first-order valence-corrected chi connectivity index (χ1v) is 6.62. The third kappa shape index (κ3) is 1.72. The number of hydrogen-bond acceptors (Lipinski definition) is 2. The zero-order valence-electron chi connectivity index (χ0n) is 10.4. The van der Waals surface area contributed by atoms with Crippen LogP contribution in [0.4, 0.5) is 0 Å². The van der Waals surface area contributed by atoms with Crippen LogP contribution in [0.2, 0.25) is 0 Å². The zero-order chi connectivity index (χ0) is 11.2. The molecule has 0 bridgehead atoms. The normalized spacial score (nSPS) is 41.1.